The molecule has 0 aliphatic heterocycles. The highest BCUT2D eigenvalue weighted by Gasteiger charge is 2.06. The monoisotopic (exact) mass is 307 g/mol. The molecule has 0 aromatic heterocycles. The number of nitrogens with zero attached hydrogens (tertiary/aromatic N) is 1. The van der Waals surface area contributed by atoms with Gasteiger partial charge in [0.2, 0.25) is 0 Å². The van der Waals surface area contributed by atoms with Gasteiger partial charge < -0.3 is 4.74 Å². The van der Waals surface area contributed by atoms with Crippen molar-refractivity contribution in [3.63, 3.8) is 0 Å². The van der Waals surface area contributed by atoms with Gasteiger partial charge in [0.1, 0.15) is 5.75 Å². The van der Waals surface area contributed by atoms with Crippen LogP contribution < -0.4 is 4.74 Å². The summed E-state index contributed by atoms with van der Waals surface area (Å²) in [5, 5.41) is 0. The van der Waals surface area contributed by atoms with Gasteiger partial charge in [-0.15, -0.1) is 23.2 Å². The van der Waals surface area contributed by atoms with Crippen molar-refractivity contribution in [1.29, 1.82) is 0 Å². The fraction of sp³-hybridized carbons (Fsp3) is 0.538. The van der Waals surface area contributed by atoms with Crippen LogP contribution in [0.4, 0.5) is 0 Å². The van der Waals surface area contributed by atoms with Crippen molar-refractivity contribution < 1.29 is 4.74 Å². The molecular formula is C13H19Cl2NOS. The second-order valence-corrected chi connectivity index (χ2v) is 5.96. The third-order valence-corrected chi connectivity index (χ3v) is 3.54. The van der Waals surface area contributed by atoms with Crippen LogP contribution in [-0.4, -0.2) is 35.3 Å². The van der Waals surface area contributed by atoms with E-state index in [-0.39, 0.29) is 6.10 Å². The van der Waals surface area contributed by atoms with Crippen LogP contribution in [0.3, 0.4) is 0 Å². The summed E-state index contributed by atoms with van der Waals surface area (Å²) >= 11 is 13.2. The summed E-state index contributed by atoms with van der Waals surface area (Å²) < 4.78 is 7.77. The minimum atomic E-state index is 0.201. The van der Waals surface area contributed by atoms with E-state index in [2.05, 4.69) is 16.4 Å². The minimum Gasteiger partial charge on any atom is -0.491 e. The van der Waals surface area contributed by atoms with E-state index < -0.39 is 0 Å². The van der Waals surface area contributed by atoms with Gasteiger partial charge in [0, 0.05) is 29.7 Å². The Hall–Kier alpha value is -0.0900. The molecule has 1 aromatic carbocycles. The van der Waals surface area contributed by atoms with Crippen molar-refractivity contribution in [3.05, 3.63) is 24.3 Å². The normalized spacial score (nSPS) is 11.2. The van der Waals surface area contributed by atoms with E-state index >= 15 is 0 Å². The molecule has 1 aromatic rings. The lowest BCUT2D eigenvalue weighted by Gasteiger charge is -2.18. The molecule has 0 aliphatic rings. The SMILES string of the molecule is CC(C)Oc1ccc(SN(CCCl)CCCl)cc1. The topological polar surface area (TPSA) is 12.5 Å². The number of alkyl halides is 2. The van der Waals surface area contributed by atoms with Crippen LogP contribution in [-0.2, 0) is 0 Å². The molecule has 0 atom stereocenters. The zero-order valence-electron chi connectivity index (χ0n) is 10.7. The molecule has 0 aliphatic carbocycles. The molecule has 0 amide bonds. The smallest absolute Gasteiger partial charge is 0.119 e. The van der Waals surface area contributed by atoms with Crippen molar-refractivity contribution in [3.8, 4) is 5.75 Å². The van der Waals surface area contributed by atoms with Crippen molar-refractivity contribution >= 4 is 35.1 Å². The molecule has 0 spiro atoms. The van der Waals surface area contributed by atoms with Gasteiger partial charge in [-0.3, -0.25) is 0 Å². The van der Waals surface area contributed by atoms with Crippen LogP contribution in [0.2, 0.25) is 0 Å². The average molecular weight is 308 g/mol. The fourth-order valence-electron chi connectivity index (χ4n) is 1.39. The van der Waals surface area contributed by atoms with Gasteiger partial charge in [-0.2, -0.15) is 0 Å². The first-order chi connectivity index (χ1) is 8.65. The Kier molecular flexibility index (Phi) is 7.91. The van der Waals surface area contributed by atoms with Crippen molar-refractivity contribution in [2.75, 3.05) is 24.8 Å². The Bertz CT molecular complexity index is 326. The number of ether oxygens (including phenoxy) is 1. The lowest BCUT2D eigenvalue weighted by Crippen LogP contribution is -2.20. The van der Waals surface area contributed by atoms with E-state index in [1.807, 2.05) is 26.0 Å². The lowest BCUT2D eigenvalue weighted by molar-refractivity contribution is 0.242. The number of hydrogen-bond acceptors (Lipinski definition) is 3. The van der Waals surface area contributed by atoms with Gasteiger partial charge in [-0.25, -0.2) is 4.31 Å². The number of halogens is 2. The minimum absolute atomic E-state index is 0.201. The quantitative estimate of drug-likeness (QED) is 0.526. The van der Waals surface area contributed by atoms with Crippen molar-refractivity contribution in [1.82, 2.24) is 4.31 Å². The first-order valence-electron chi connectivity index (χ1n) is 5.97. The molecule has 0 radical (unpaired) electrons. The molecule has 2 nitrogen and oxygen atoms in total. The summed E-state index contributed by atoms with van der Waals surface area (Å²) in [7, 11) is 0. The Morgan fingerprint density at radius 2 is 1.67 bits per heavy atom. The van der Waals surface area contributed by atoms with E-state index in [4.69, 9.17) is 27.9 Å². The zero-order chi connectivity index (χ0) is 13.4. The highest BCUT2D eigenvalue weighted by Crippen LogP contribution is 2.25. The first-order valence-corrected chi connectivity index (χ1v) is 7.81. The van der Waals surface area contributed by atoms with Crippen LogP contribution >= 0.6 is 35.1 Å². The number of hydrogen-bond donors (Lipinski definition) is 0. The van der Waals surface area contributed by atoms with Crippen molar-refractivity contribution in [2.45, 2.75) is 24.8 Å². The summed E-state index contributed by atoms with van der Waals surface area (Å²) in [6, 6.07) is 8.08. The molecular weight excluding hydrogens is 289 g/mol. The van der Waals surface area contributed by atoms with Gasteiger partial charge in [0.25, 0.3) is 0 Å². The van der Waals surface area contributed by atoms with Crippen molar-refractivity contribution in [2.24, 2.45) is 0 Å². The largest absolute Gasteiger partial charge is 0.491 e. The maximum atomic E-state index is 5.76. The van der Waals surface area contributed by atoms with E-state index in [1.54, 1.807) is 11.9 Å². The number of benzene rings is 1. The Morgan fingerprint density at radius 3 is 2.11 bits per heavy atom. The first kappa shape index (κ1) is 16.0. The van der Waals surface area contributed by atoms with E-state index in [9.17, 15) is 0 Å². The summed E-state index contributed by atoms with van der Waals surface area (Å²) in [6.07, 6.45) is 0.201. The third-order valence-electron chi connectivity index (χ3n) is 2.10. The maximum Gasteiger partial charge on any atom is 0.119 e. The summed E-state index contributed by atoms with van der Waals surface area (Å²) in [5.41, 5.74) is 0. The predicted octanol–water partition coefficient (Wildman–Crippen LogP) is 4.26. The molecule has 0 saturated carbocycles. The second-order valence-electron chi connectivity index (χ2n) is 4.04. The molecule has 5 heteroatoms. The molecule has 0 heterocycles. The maximum absolute atomic E-state index is 5.76. The van der Waals surface area contributed by atoms with Crippen LogP contribution in [0, 0.1) is 0 Å². The second kappa shape index (κ2) is 8.92. The molecule has 0 unspecified atom stereocenters. The van der Waals surface area contributed by atoms with E-state index in [0.29, 0.717) is 11.8 Å². The standard InChI is InChI=1S/C13H19Cl2NOS/c1-11(2)17-12-3-5-13(6-4-12)18-16(9-7-14)10-8-15/h3-6,11H,7-10H2,1-2H3. The van der Waals surface area contributed by atoms with Crippen LogP contribution in [0.25, 0.3) is 0 Å². The molecule has 1 rings (SSSR count). The van der Waals surface area contributed by atoms with Crippen LogP contribution in [0.15, 0.2) is 29.2 Å². The van der Waals surface area contributed by atoms with Gasteiger partial charge in [-0.05, 0) is 50.1 Å². The third kappa shape index (κ3) is 6.19. The molecule has 18 heavy (non-hydrogen) atoms. The Morgan fingerprint density at radius 1 is 1.11 bits per heavy atom. The lowest BCUT2D eigenvalue weighted by atomic mass is 10.3. The highest BCUT2D eigenvalue weighted by atomic mass is 35.5. The molecule has 0 saturated heterocycles. The van der Waals surface area contributed by atoms with Gasteiger partial charge in [0.15, 0.2) is 0 Å². The fourth-order valence-corrected chi connectivity index (χ4v) is 2.92. The predicted molar refractivity (Wildman–Crippen MR) is 81.1 cm³/mol. The molecule has 102 valence electrons. The molecule has 0 N–H and O–H groups in total. The van der Waals surface area contributed by atoms with Gasteiger partial charge in [0.05, 0.1) is 6.10 Å². The van der Waals surface area contributed by atoms with Gasteiger partial charge >= 0.3 is 0 Å². The zero-order valence-corrected chi connectivity index (χ0v) is 13.1. The number of rotatable bonds is 8. The van der Waals surface area contributed by atoms with E-state index in [0.717, 1.165) is 18.8 Å². The molecule has 0 bridgehead atoms. The van der Waals surface area contributed by atoms with Gasteiger partial charge in [-0.1, -0.05) is 0 Å². The highest BCUT2D eigenvalue weighted by molar-refractivity contribution is 7.97. The average Bonchev–Trinajstić information content (AvgIpc) is 2.31. The summed E-state index contributed by atoms with van der Waals surface area (Å²) in [5.74, 6) is 2.12. The Balaban J connectivity index is 2.55. The Labute approximate surface area is 124 Å². The molecule has 0 fully saturated rings. The summed E-state index contributed by atoms with van der Waals surface area (Å²) in [6.45, 7) is 5.68. The van der Waals surface area contributed by atoms with Crippen LogP contribution in [0.5, 0.6) is 5.75 Å². The van der Waals surface area contributed by atoms with E-state index in [1.165, 1.54) is 4.90 Å². The van der Waals surface area contributed by atoms with Crippen LogP contribution in [0.1, 0.15) is 13.8 Å². The summed E-state index contributed by atoms with van der Waals surface area (Å²) in [4.78, 5) is 1.17.